The molecule has 0 unspecified atom stereocenters. The van der Waals surface area contributed by atoms with Crippen LogP contribution >= 0.6 is 11.8 Å². The van der Waals surface area contributed by atoms with Gasteiger partial charge in [-0.2, -0.15) is 0 Å². The molecule has 1 aromatic heterocycles. The first kappa shape index (κ1) is 21.2. The van der Waals surface area contributed by atoms with Crippen LogP contribution < -0.4 is 10.2 Å². The molecule has 2 aliphatic heterocycles. The van der Waals surface area contributed by atoms with Gasteiger partial charge in [0.05, 0.1) is 10.4 Å². The molecule has 2 aliphatic rings. The molecule has 3 heterocycles. The van der Waals surface area contributed by atoms with Gasteiger partial charge in [0.2, 0.25) is 0 Å². The molecule has 9 heteroatoms. The number of fused-ring (bicyclic) bond motifs is 1. The van der Waals surface area contributed by atoms with E-state index in [0.29, 0.717) is 31.1 Å². The van der Waals surface area contributed by atoms with Gasteiger partial charge in [0.1, 0.15) is 5.60 Å². The number of nitrogens with zero attached hydrogens (tertiary/aromatic N) is 3. The average molecular weight is 441 g/mol. The Morgan fingerprint density at radius 2 is 1.90 bits per heavy atom. The summed E-state index contributed by atoms with van der Waals surface area (Å²) in [6, 6.07) is 7.72. The number of hydrogen-bond acceptors (Lipinski definition) is 7. The number of carbonyl (C=O) groups excluding carboxylic acids is 3. The van der Waals surface area contributed by atoms with Gasteiger partial charge in [-0.15, -0.1) is 0 Å². The van der Waals surface area contributed by atoms with Crippen LogP contribution in [0.1, 0.15) is 26.3 Å². The monoisotopic (exact) mass is 440 g/mol. The van der Waals surface area contributed by atoms with Crippen molar-refractivity contribution in [2.24, 2.45) is 0 Å². The van der Waals surface area contributed by atoms with Crippen LogP contribution in [-0.4, -0.2) is 58.9 Å². The van der Waals surface area contributed by atoms with Gasteiger partial charge >= 0.3 is 6.09 Å². The van der Waals surface area contributed by atoms with Crippen molar-refractivity contribution in [2.45, 2.75) is 26.4 Å². The topological polar surface area (TPSA) is 91.8 Å². The molecule has 1 aromatic carbocycles. The highest BCUT2D eigenvalue weighted by molar-refractivity contribution is 8.18. The van der Waals surface area contributed by atoms with Crippen molar-refractivity contribution in [3.63, 3.8) is 0 Å². The quantitative estimate of drug-likeness (QED) is 0.713. The number of ether oxygens (including phenoxy) is 1. The van der Waals surface area contributed by atoms with Crippen molar-refractivity contribution >= 4 is 51.7 Å². The Morgan fingerprint density at radius 1 is 1.16 bits per heavy atom. The van der Waals surface area contributed by atoms with Crippen molar-refractivity contribution in [2.75, 3.05) is 31.1 Å². The fourth-order valence-electron chi connectivity index (χ4n) is 3.54. The van der Waals surface area contributed by atoms with E-state index in [-0.39, 0.29) is 17.2 Å². The number of hydrogen-bond donors (Lipinski definition) is 1. The zero-order chi connectivity index (χ0) is 22.2. The molecule has 0 radical (unpaired) electrons. The molecular weight excluding hydrogens is 416 g/mol. The Morgan fingerprint density at radius 3 is 2.55 bits per heavy atom. The van der Waals surface area contributed by atoms with Crippen molar-refractivity contribution in [3.8, 4) is 0 Å². The molecule has 8 nitrogen and oxygen atoms in total. The summed E-state index contributed by atoms with van der Waals surface area (Å²) in [5, 5.41) is 2.87. The van der Waals surface area contributed by atoms with Crippen molar-refractivity contribution in [3.05, 3.63) is 40.9 Å². The number of imide groups is 1. The van der Waals surface area contributed by atoms with Gasteiger partial charge in [0.25, 0.3) is 11.1 Å². The fourth-order valence-corrected chi connectivity index (χ4v) is 4.23. The molecule has 0 saturated carbocycles. The van der Waals surface area contributed by atoms with Gasteiger partial charge in [-0.05, 0) is 62.4 Å². The van der Waals surface area contributed by atoms with Crippen molar-refractivity contribution in [1.29, 1.82) is 0 Å². The minimum absolute atomic E-state index is 0.289. The van der Waals surface area contributed by atoms with Gasteiger partial charge in [-0.1, -0.05) is 6.07 Å². The Bertz CT molecular complexity index is 1080. The normalized spacial score (nSPS) is 18.6. The van der Waals surface area contributed by atoms with E-state index in [9.17, 15) is 14.4 Å². The summed E-state index contributed by atoms with van der Waals surface area (Å²) in [7, 11) is 0. The number of aromatic nitrogens is 1. The van der Waals surface area contributed by atoms with E-state index >= 15 is 0 Å². The lowest BCUT2D eigenvalue weighted by Gasteiger charge is -2.37. The number of anilines is 1. The lowest BCUT2D eigenvalue weighted by Crippen LogP contribution is -2.50. The summed E-state index contributed by atoms with van der Waals surface area (Å²) in [4.78, 5) is 44.4. The molecule has 1 N–H and O–H groups in total. The minimum atomic E-state index is -0.514. The van der Waals surface area contributed by atoms with E-state index in [0.717, 1.165) is 33.9 Å². The van der Waals surface area contributed by atoms with Crippen LogP contribution in [0.5, 0.6) is 0 Å². The first-order valence-electron chi connectivity index (χ1n) is 10.1. The Kier molecular flexibility index (Phi) is 5.62. The molecule has 3 amide bonds. The molecule has 2 fully saturated rings. The lowest BCUT2D eigenvalue weighted by molar-refractivity contribution is -0.115. The summed E-state index contributed by atoms with van der Waals surface area (Å²) in [5.41, 5.74) is 2.17. The molecule has 2 aromatic rings. The van der Waals surface area contributed by atoms with E-state index in [4.69, 9.17) is 4.74 Å². The number of pyridine rings is 1. The van der Waals surface area contributed by atoms with Crippen LogP contribution in [0.4, 0.5) is 15.3 Å². The van der Waals surface area contributed by atoms with Crippen LogP contribution in [-0.2, 0) is 9.53 Å². The third-order valence-electron chi connectivity index (χ3n) is 4.95. The average Bonchev–Trinajstić information content (AvgIpc) is 3.03. The van der Waals surface area contributed by atoms with E-state index in [2.05, 4.69) is 15.2 Å². The van der Waals surface area contributed by atoms with Crippen molar-refractivity contribution in [1.82, 2.24) is 15.2 Å². The SMILES string of the molecule is CC(C)(C)OC(=O)N1CCN(c2ccnc3ccc(/C=C4\SC(=O)NC4=O)cc23)CC1. The number of rotatable bonds is 2. The van der Waals surface area contributed by atoms with Gasteiger partial charge in [-0.25, -0.2) is 4.79 Å². The maximum Gasteiger partial charge on any atom is 0.410 e. The highest BCUT2D eigenvalue weighted by atomic mass is 32.2. The van der Waals surface area contributed by atoms with E-state index in [1.54, 1.807) is 17.2 Å². The summed E-state index contributed by atoms with van der Waals surface area (Å²) < 4.78 is 5.48. The maximum atomic E-state index is 12.3. The molecule has 162 valence electrons. The van der Waals surface area contributed by atoms with Crippen LogP contribution in [0.3, 0.4) is 0 Å². The van der Waals surface area contributed by atoms with Crippen LogP contribution in [0.25, 0.3) is 17.0 Å². The number of amides is 3. The summed E-state index contributed by atoms with van der Waals surface area (Å²) in [6.45, 7) is 8.08. The number of benzene rings is 1. The Hall–Kier alpha value is -3.07. The van der Waals surface area contributed by atoms with Crippen LogP contribution in [0.15, 0.2) is 35.4 Å². The highest BCUT2D eigenvalue weighted by Crippen LogP contribution is 2.30. The second-order valence-electron chi connectivity index (χ2n) is 8.41. The van der Waals surface area contributed by atoms with E-state index in [1.165, 1.54) is 0 Å². The molecule has 0 bridgehead atoms. The predicted molar refractivity (Wildman–Crippen MR) is 121 cm³/mol. The number of piperazine rings is 1. The molecule has 0 atom stereocenters. The maximum absolute atomic E-state index is 12.3. The standard InChI is InChI=1S/C22H24N4O4S/c1-22(2,3)30-21(29)26-10-8-25(9-11-26)17-6-7-23-16-5-4-14(12-15(16)17)13-18-19(27)24-20(28)31-18/h4-7,12-13H,8-11H2,1-3H3,(H,24,27,28)/b18-13-. The summed E-state index contributed by atoms with van der Waals surface area (Å²) in [5.74, 6) is -0.375. The smallest absolute Gasteiger partial charge is 0.410 e. The van der Waals surface area contributed by atoms with Gasteiger partial charge in [-0.3, -0.25) is 19.9 Å². The second-order valence-corrected chi connectivity index (χ2v) is 9.43. The summed E-state index contributed by atoms with van der Waals surface area (Å²) in [6.07, 6.45) is 3.19. The summed E-state index contributed by atoms with van der Waals surface area (Å²) >= 11 is 0.899. The zero-order valence-corrected chi connectivity index (χ0v) is 18.5. The van der Waals surface area contributed by atoms with Crippen molar-refractivity contribution < 1.29 is 19.1 Å². The van der Waals surface area contributed by atoms with Gasteiger partial charge < -0.3 is 14.5 Å². The fraction of sp³-hybridized carbons (Fsp3) is 0.364. The Balaban J connectivity index is 1.55. The first-order valence-corrected chi connectivity index (χ1v) is 10.9. The largest absolute Gasteiger partial charge is 0.444 e. The zero-order valence-electron chi connectivity index (χ0n) is 17.7. The van der Waals surface area contributed by atoms with Gasteiger partial charge in [0, 0.05) is 43.4 Å². The molecule has 4 rings (SSSR count). The minimum Gasteiger partial charge on any atom is -0.444 e. The Labute approximate surface area is 184 Å². The number of nitrogens with one attached hydrogen (secondary N) is 1. The predicted octanol–water partition coefficient (Wildman–Crippen LogP) is 3.62. The highest BCUT2D eigenvalue weighted by Gasteiger charge is 2.27. The van der Waals surface area contributed by atoms with E-state index in [1.807, 2.05) is 45.0 Å². The number of carbonyl (C=O) groups is 3. The number of thioether (sulfide) groups is 1. The molecule has 2 saturated heterocycles. The first-order chi connectivity index (χ1) is 14.7. The molecule has 0 spiro atoms. The molecule has 31 heavy (non-hydrogen) atoms. The van der Waals surface area contributed by atoms with Crippen LogP contribution in [0, 0.1) is 0 Å². The third-order valence-corrected chi connectivity index (χ3v) is 5.77. The lowest BCUT2D eigenvalue weighted by atomic mass is 10.1. The molecular formula is C22H24N4O4S. The van der Waals surface area contributed by atoms with Crippen LogP contribution in [0.2, 0.25) is 0 Å². The third kappa shape index (κ3) is 4.82. The second kappa shape index (κ2) is 8.22. The van der Waals surface area contributed by atoms with E-state index < -0.39 is 5.60 Å². The van der Waals surface area contributed by atoms with Gasteiger partial charge in [0.15, 0.2) is 0 Å². The molecule has 0 aliphatic carbocycles.